The number of anilines is 1. The Hall–Kier alpha value is -3.20. The monoisotopic (exact) mass is 415 g/mol. The molecule has 2 N–H and O–H groups in total. The number of amides is 1. The lowest BCUT2D eigenvalue weighted by atomic mass is 10.1. The molecule has 1 aliphatic heterocycles. The van der Waals surface area contributed by atoms with Gasteiger partial charge in [-0.05, 0) is 31.2 Å². The molecule has 2 aromatic heterocycles. The van der Waals surface area contributed by atoms with Crippen molar-refractivity contribution in [3.05, 3.63) is 64.7 Å². The lowest BCUT2D eigenvalue weighted by Crippen LogP contribution is -2.24. The third kappa shape index (κ3) is 3.80. The second kappa shape index (κ2) is 7.56. The molecule has 1 aromatic carbocycles. The van der Waals surface area contributed by atoms with Gasteiger partial charge in [-0.2, -0.15) is 13.2 Å². The highest BCUT2D eigenvalue weighted by Gasteiger charge is 2.33. The maximum Gasteiger partial charge on any atom is 0.433 e. The largest absolute Gasteiger partial charge is 0.433 e. The van der Waals surface area contributed by atoms with Gasteiger partial charge in [-0.3, -0.25) is 4.79 Å². The van der Waals surface area contributed by atoms with Gasteiger partial charge in [-0.15, -0.1) is 0 Å². The highest BCUT2D eigenvalue weighted by atomic mass is 19.4. The second-order valence-electron chi connectivity index (χ2n) is 7.18. The highest BCUT2D eigenvalue weighted by molar-refractivity contribution is 6.05. The molecule has 0 saturated heterocycles. The Kier molecular flexibility index (Phi) is 5.07. The summed E-state index contributed by atoms with van der Waals surface area (Å²) < 4.78 is 40.4. The standard InChI is InChI=1S/C21H20F3N5O/c1-12-15(6-7-18(26-12)21(22,23)24)20(30)27-14-5-3-4-13(10-14)19-28-16-8-9-25-11-17(16)29(19)2/h3-7,10,25H,8-9,11H2,1-2H3,(H,27,30). The summed E-state index contributed by atoms with van der Waals surface area (Å²) in [6, 6.07) is 9.18. The predicted octanol–water partition coefficient (Wildman–Crippen LogP) is 3.71. The number of imidazole rings is 1. The van der Waals surface area contributed by atoms with Crippen LogP contribution in [0.5, 0.6) is 0 Å². The van der Waals surface area contributed by atoms with Crippen LogP contribution in [0.1, 0.15) is 33.1 Å². The van der Waals surface area contributed by atoms with Crippen molar-refractivity contribution in [3.63, 3.8) is 0 Å². The van der Waals surface area contributed by atoms with E-state index >= 15 is 0 Å². The molecular weight excluding hydrogens is 395 g/mol. The van der Waals surface area contributed by atoms with Crippen LogP contribution in [0.4, 0.5) is 18.9 Å². The summed E-state index contributed by atoms with van der Waals surface area (Å²) in [6.45, 7) is 3.03. The first kappa shape index (κ1) is 20.1. The van der Waals surface area contributed by atoms with E-state index in [1.807, 2.05) is 17.7 Å². The number of rotatable bonds is 3. The molecule has 30 heavy (non-hydrogen) atoms. The maximum absolute atomic E-state index is 12.8. The number of carbonyl (C=O) groups is 1. The van der Waals surface area contributed by atoms with Crippen LogP contribution in [0.2, 0.25) is 0 Å². The minimum atomic E-state index is -4.55. The number of carbonyl (C=O) groups excluding carboxylic acids is 1. The molecule has 0 atom stereocenters. The van der Waals surface area contributed by atoms with E-state index in [4.69, 9.17) is 4.98 Å². The summed E-state index contributed by atoms with van der Waals surface area (Å²) in [7, 11) is 1.96. The van der Waals surface area contributed by atoms with Gasteiger partial charge < -0.3 is 15.2 Å². The molecular formula is C21H20F3N5O. The van der Waals surface area contributed by atoms with E-state index in [0.29, 0.717) is 5.69 Å². The van der Waals surface area contributed by atoms with Crippen LogP contribution in [-0.4, -0.2) is 27.0 Å². The lowest BCUT2D eigenvalue weighted by molar-refractivity contribution is -0.141. The zero-order valence-electron chi connectivity index (χ0n) is 16.5. The van der Waals surface area contributed by atoms with E-state index in [2.05, 4.69) is 15.6 Å². The number of aromatic nitrogens is 3. The van der Waals surface area contributed by atoms with E-state index in [1.165, 1.54) is 6.92 Å². The first-order valence-corrected chi connectivity index (χ1v) is 9.46. The van der Waals surface area contributed by atoms with Crippen molar-refractivity contribution in [1.29, 1.82) is 0 Å². The minimum Gasteiger partial charge on any atom is -0.330 e. The molecule has 3 heterocycles. The Bertz CT molecular complexity index is 1120. The van der Waals surface area contributed by atoms with Crippen LogP contribution < -0.4 is 10.6 Å². The van der Waals surface area contributed by atoms with Crippen LogP contribution in [-0.2, 0) is 26.2 Å². The Labute approximate surface area is 171 Å². The molecule has 0 bridgehead atoms. The average molecular weight is 415 g/mol. The van der Waals surface area contributed by atoms with Crippen LogP contribution in [0.15, 0.2) is 36.4 Å². The third-order valence-electron chi connectivity index (χ3n) is 5.13. The van der Waals surface area contributed by atoms with E-state index in [1.54, 1.807) is 18.2 Å². The quantitative estimate of drug-likeness (QED) is 0.684. The van der Waals surface area contributed by atoms with E-state index < -0.39 is 17.8 Å². The zero-order chi connectivity index (χ0) is 21.5. The summed E-state index contributed by atoms with van der Waals surface area (Å²) in [4.78, 5) is 20.9. The molecule has 0 unspecified atom stereocenters. The Balaban J connectivity index is 1.58. The van der Waals surface area contributed by atoms with Gasteiger partial charge in [0.15, 0.2) is 0 Å². The molecule has 9 heteroatoms. The SMILES string of the molecule is Cc1nc(C(F)(F)F)ccc1C(=O)Nc1cccc(-c2nc3c(n2C)CNCC3)c1. The van der Waals surface area contributed by atoms with Crippen molar-refractivity contribution in [2.75, 3.05) is 11.9 Å². The molecule has 0 radical (unpaired) electrons. The first-order chi connectivity index (χ1) is 14.2. The van der Waals surface area contributed by atoms with Gasteiger partial charge in [0.25, 0.3) is 5.91 Å². The summed E-state index contributed by atoms with van der Waals surface area (Å²) >= 11 is 0. The van der Waals surface area contributed by atoms with Gasteiger partial charge in [0.05, 0.1) is 22.6 Å². The normalized spacial score (nSPS) is 13.8. The molecule has 3 aromatic rings. The predicted molar refractivity (Wildman–Crippen MR) is 106 cm³/mol. The van der Waals surface area contributed by atoms with Gasteiger partial charge in [0.1, 0.15) is 11.5 Å². The molecule has 0 spiro atoms. The van der Waals surface area contributed by atoms with E-state index in [0.717, 1.165) is 54.4 Å². The van der Waals surface area contributed by atoms with Gasteiger partial charge in [-0.25, -0.2) is 9.97 Å². The van der Waals surface area contributed by atoms with Gasteiger partial charge >= 0.3 is 6.18 Å². The molecule has 4 rings (SSSR count). The summed E-state index contributed by atoms with van der Waals surface area (Å²) in [6.07, 6.45) is -3.69. The van der Waals surface area contributed by atoms with Crippen molar-refractivity contribution in [1.82, 2.24) is 19.9 Å². The van der Waals surface area contributed by atoms with Crippen LogP contribution in [0.25, 0.3) is 11.4 Å². The molecule has 0 saturated carbocycles. The third-order valence-corrected chi connectivity index (χ3v) is 5.13. The van der Waals surface area contributed by atoms with Crippen LogP contribution in [0, 0.1) is 6.92 Å². The number of fused-ring (bicyclic) bond motifs is 1. The molecule has 1 amide bonds. The van der Waals surface area contributed by atoms with Crippen molar-refractivity contribution < 1.29 is 18.0 Å². The van der Waals surface area contributed by atoms with Gasteiger partial charge in [-0.1, -0.05) is 12.1 Å². The van der Waals surface area contributed by atoms with Gasteiger partial charge in [0.2, 0.25) is 0 Å². The topological polar surface area (TPSA) is 71.8 Å². The summed E-state index contributed by atoms with van der Waals surface area (Å²) in [5, 5.41) is 6.07. The van der Waals surface area contributed by atoms with E-state index in [-0.39, 0.29) is 11.3 Å². The molecule has 0 aliphatic carbocycles. The number of aryl methyl sites for hydroxylation is 1. The number of benzene rings is 1. The number of nitrogens with zero attached hydrogens (tertiary/aromatic N) is 3. The number of alkyl halides is 3. The molecule has 0 fully saturated rings. The Morgan fingerprint density at radius 1 is 1.20 bits per heavy atom. The second-order valence-corrected chi connectivity index (χ2v) is 7.18. The number of nitrogens with one attached hydrogen (secondary N) is 2. The van der Waals surface area contributed by atoms with Gasteiger partial charge in [0, 0.05) is 37.8 Å². The fraction of sp³-hybridized carbons (Fsp3) is 0.286. The van der Waals surface area contributed by atoms with Crippen molar-refractivity contribution in [2.24, 2.45) is 7.05 Å². The summed E-state index contributed by atoms with van der Waals surface area (Å²) in [5.74, 6) is 0.279. The average Bonchev–Trinajstić information content (AvgIpc) is 3.04. The first-order valence-electron chi connectivity index (χ1n) is 9.46. The minimum absolute atomic E-state index is 0.0164. The number of hydrogen-bond donors (Lipinski definition) is 2. The van der Waals surface area contributed by atoms with Crippen molar-refractivity contribution in [3.8, 4) is 11.4 Å². The highest BCUT2D eigenvalue weighted by Crippen LogP contribution is 2.29. The number of hydrogen-bond acceptors (Lipinski definition) is 4. The zero-order valence-corrected chi connectivity index (χ0v) is 16.5. The molecule has 1 aliphatic rings. The Morgan fingerprint density at radius 2 is 2.00 bits per heavy atom. The van der Waals surface area contributed by atoms with Crippen LogP contribution in [0.3, 0.4) is 0 Å². The fourth-order valence-electron chi connectivity index (χ4n) is 3.57. The fourth-order valence-corrected chi connectivity index (χ4v) is 3.57. The lowest BCUT2D eigenvalue weighted by Gasteiger charge is -2.13. The number of pyridine rings is 1. The summed E-state index contributed by atoms with van der Waals surface area (Å²) in [5.41, 5.74) is 2.65. The van der Waals surface area contributed by atoms with Crippen molar-refractivity contribution >= 4 is 11.6 Å². The number of halogens is 3. The molecule has 6 nitrogen and oxygen atoms in total. The molecule has 156 valence electrons. The van der Waals surface area contributed by atoms with Crippen LogP contribution >= 0.6 is 0 Å². The Morgan fingerprint density at radius 3 is 2.70 bits per heavy atom. The maximum atomic E-state index is 12.8. The smallest absolute Gasteiger partial charge is 0.330 e. The van der Waals surface area contributed by atoms with Crippen molar-refractivity contribution in [2.45, 2.75) is 26.1 Å². The van der Waals surface area contributed by atoms with E-state index in [9.17, 15) is 18.0 Å².